The van der Waals surface area contributed by atoms with Crippen LogP contribution < -0.4 is 16.6 Å². The number of nitrogens with one attached hydrogen (secondary N) is 2. The molecule has 9 heteroatoms. The third-order valence-corrected chi connectivity index (χ3v) is 6.20. The van der Waals surface area contributed by atoms with Crippen molar-refractivity contribution in [2.24, 2.45) is 5.73 Å². The number of fused-ring (bicyclic) bond motifs is 3. The molecule has 0 atom stereocenters. The molecule has 6 nitrogen and oxygen atoms in total. The van der Waals surface area contributed by atoms with Gasteiger partial charge in [0.1, 0.15) is 10.7 Å². The van der Waals surface area contributed by atoms with Gasteiger partial charge >= 0.3 is 0 Å². The Balaban J connectivity index is 0.00000225. The summed E-state index contributed by atoms with van der Waals surface area (Å²) in [5.41, 5.74) is 6.57. The van der Waals surface area contributed by atoms with Crippen LogP contribution in [-0.4, -0.2) is 34.7 Å². The molecule has 3 rings (SSSR count). The van der Waals surface area contributed by atoms with E-state index < -0.39 is 0 Å². The highest BCUT2D eigenvalue weighted by Gasteiger charge is 2.20. The van der Waals surface area contributed by atoms with Gasteiger partial charge in [-0.1, -0.05) is 0 Å². The third kappa shape index (κ3) is 4.97. The molecule has 0 unspecified atom stereocenters. The number of amides is 1. The highest BCUT2D eigenvalue weighted by molar-refractivity contribution is 7.98. The summed E-state index contributed by atoms with van der Waals surface area (Å²) < 4.78 is 0. The number of hydrogen-bond acceptors (Lipinski definition) is 6. The van der Waals surface area contributed by atoms with Gasteiger partial charge in [-0.2, -0.15) is 11.8 Å². The zero-order chi connectivity index (χ0) is 16.9. The topological polar surface area (TPSA) is 101 Å². The number of H-pyrrole nitrogens is 1. The van der Waals surface area contributed by atoms with E-state index in [0.717, 1.165) is 35.9 Å². The molecule has 0 aromatic carbocycles. The molecule has 1 aliphatic rings. The van der Waals surface area contributed by atoms with Crippen molar-refractivity contribution in [3.63, 3.8) is 0 Å². The lowest BCUT2D eigenvalue weighted by Gasteiger charge is -2.04. The lowest BCUT2D eigenvalue weighted by Crippen LogP contribution is -2.26. The van der Waals surface area contributed by atoms with E-state index in [4.69, 9.17) is 5.73 Å². The highest BCUT2D eigenvalue weighted by atomic mass is 35.5. The van der Waals surface area contributed by atoms with E-state index >= 15 is 0 Å². The van der Waals surface area contributed by atoms with Crippen LogP contribution in [0.15, 0.2) is 4.79 Å². The maximum absolute atomic E-state index is 12.3. The van der Waals surface area contributed by atoms with Gasteiger partial charge in [-0.25, -0.2) is 4.98 Å². The molecule has 2 aromatic heterocycles. The average molecular weight is 403 g/mol. The molecule has 0 fully saturated rings. The van der Waals surface area contributed by atoms with Crippen molar-refractivity contribution in [2.75, 3.05) is 18.8 Å². The molecule has 1 amide bonds. The number of aromatic nitrogens is 2. The molecule has 2 aromatic rings. The van der Waals surface area contributed by atoms with Crippen molar-refractivity contribution in [1.29, 1.82) is 0 Å². The number of thioether (sulfide) groups is 1. The molecular weight excluding hydrogens is 380 g/mol. The van der Waals surface area contributed by atoms with Gasteiger partial charge < -0.3 is 16.0 Å². The molecule has 2 heterocycles. The van der Waals surface area contributed by atoms with Crippen LogP contribution in [-0.2, 0) is 23.4 Å². The molecule has 138 valence electrons. The number of aryl methyl sites for hydroxylation is 2. The molecule has 0 bridgehead atoms. The first kappa shape index (κ1) is 20.2. The largest absolute Gasteiger partial charge is 0.356 e. The highest BCUT2D eigenvalue weighted by Crippen LogP contribution is 2.34. The van der Waals surface area contributed by atoms with E-state index in [1.807, 2.05) is 0 Å². The van der Waals surface area contributed by atoms with Crippen molar-refractivity contribution in [3.05, 3.63) is 26.6 Å². The molecular formula is C16H23ClN4O2S2. The Labute approximate surface area is 160 Å². The fourth-order valence-corrected chi connectivity index (χ4v) is 4.95. The summed E-state index contributed by atoms with van der Waals surface area (Å²) in [6.45, 7) is 1.22. The Morgan fingerprint density at radius 1 is 1.40 bits per heavy atom. The van der Waals surface area contributed by atoms with Gasteiger partial charge in [-0.05, 0) is 37.8 Å². The SMILES string of the molecule is Cl.NCCCNC(=O)CCSCc1nc2sc3c(c2c(=O)[nH]1)CCC3. The molecule has 0 saturated heterocycles. The lowest BCUT2D eigenvalue weighted by atomic mass is 10.2. The first-order valence-corrected chi connectivity index (χ1v) is 10.2. The molecule has 25 heavy (non-hydrogen) atoms. The second kappa shape index (κ2) is 9.56. The number of nitrogens with zero attached hydrogens (tertiary/aromatic N) is 1. The second-order valence-electron chi connectivity index (χ2n) is 5.84. The zero-order valence-electron chi connectivity index (χ0n) is 13.9. The van der Waals surface area contributed by atoms with Crippen molar-refractivity contribution >= 4 is 51.6 Å². The number of rotatable bonds is 8. The van der Waals surface area contributed by atoms with Crippen molar-refractivity contribution in [3.8, 4) is 0 Å². The standard InChI is InChI=1S/C16H22N4O2S2.ClH/c17-6-2-7-18-13(21)5-8-23-9-12-19-15(22)14-10-3-1-4-11(10)24-16(14)20-12;/h1-9,17H2,(H,18,21)(H,19,20,22);1H. The predicted molar refractivity (Wildman–Crippen MR) is 107 cm³/mol. The van der Waals surface area contributed by atoms with E-state index in [1.54, 1.807) is 23.1 Å². The van der Waals surface area contributed by atoms with E-state index in [2.05, 4.69) is 15.3 Å². The quantitative estimate of drug-likeness (QED) is 0.586. The Morgan fingerprint density at radius 3 is 3.04 bits per heavy atom. The number of carbonyl (C=O) groups is 1. The number of aromatic amines is 1. The van der Waals surface area contributed by atoms with Gasteiger partial charge in [0.2, 0.25) is 5.91 Å². The minimum absolute atomic E-state index is 0. The molecule has 0 saturated carbocycles. The fourth-order valence-electron chi connectivity index (χ4n) is 2.87. The van der Waals surface area contributed by atoms with Crippen molar-refractivity contribution < 1.29 is 4.79 Å². The van der Waals surface area contributed by atoms with Crippen LogP contribution in [0.3, 0.4) is 0 Å². The van der Waals surface area contributed by atoms with Crippen LogP contribution >= 0.6 is 35.5 Å². The molecule has 0 spiro atoms. The number of hydrogen-bond donors (Lipinski definition) is 3. The molecule has 1 aliphatic carbocycles. The van der Waals surface area contributed by atoms with E-state index in [1.165, 1.54) is 10.4 Å². The Morgan fingerprint density at radius 2 is 2.24 bits per heavy atom. The first-order valence-electron chi connectivity index (χ1n) is 8.27. The fraction of sp³-hybridized carbons (Fsp3) is 0.562. The Bertz CT molecular complexity index is 790. The molecule has 4 N–H and O–H groups in total. The summed E-state index contributed by atoms with van der Waals surface area (Å²) in [7, 11) is 0. The normalized spacial score (nSPS) is 12.8. The maximum atomic E-state index is 12.3. The average Bonchev–Trinajstić information content (AvgIpc) is 3.12. The summed E-state index contributed by atoms with van der Waals surface area (Å²) >= 11 is 3.26. The maximum Gasteiger partial charge on any atom is 0.259 e. The third-order valence-electron chi connectivity index (χ3n) is 4.04. The summed E-state index contributed by atoms with van der Waals surface area (Å²) in [6, 6.07) is 0. The number of carbonyl (C=O) groups excluding carboxylic acids is 1. The van der Waals surface area contributed by atoms with Crippen LogP contribution in [0.25, 0.3) is 10.2 Å². The van der Waals surface area contributed by atoms with Crippen molar-refractivity contribution in [2.45, 2.75) is 37.9 Å². The van der Waals surface area contributed by atoms with Gasteiger partial charge in [0, 0.05) is 23.6 Å². The van der Waals surface area contributed by atoms with Crippen LogP contribution in [0.1, 0.15) is 35.5 Å². The van der Waals surface area contributed by atoms with Crippen LogP contribution in [0, 0.1) is 0 Å². The number of halogens is 1. The summed E-state index contributed by atoms with van der Waals surface area (Å²) in [5, 5.41) is 3.63. The van der Waals surface area contributed by atoms with Gasteiger partial charge in [0.25, 0.3) is 5.56 Å². The second-order valence-corrected chi connectivity index (χ2v) is 8.03. The van der Waals surface area contributed by atoms with E-state index in [0.29, 0.717) is 36.8 Å². The summed E-state index contributed by atoms with van der Waals surface area (Å²) in [6.07, 6.45) is 4.47. The minimum Gasteiger partial charge on any atom is -0.356 e. The van der Waals surface area contributed by atoms with Crippen LogP contribution in [0.4, 0.5) is 0 Å². The predicted octanol–water partition coefficient (Wildman–Crippen LogP) is 1.98. The first-order chi connectivity index (χ1) is 11.7. The number of thiophene rings is 1. The zero-order valence-corrected chi connectivity index (χ0v) is 16.4. The Kier molecular flexibility index (Phi) is 7.74. The van der Waals surface area contributed by atoms with Gasteiger partial charge in [-0.15, -0.1) is 23.7 Å². The Hall–Kier alpha value is -1.09. The van der Waals surface area contributed by atoms with Crippen LogP contribution in [0.5, 0.6) is 0 Å². The number of nitrogens with two attached hydrogens (primary N) is 1. The molecule has 0 aliphatic heterocycles. The monoisotopic (exact) mass is 402 g/mol. The van der Waals surface area contributed by atoms with Crippen LogP contribution in [0.2, 0.25) is 0 Å². The summed E-state index contributed by atoms with van der Waals surface area (Å²) in [5.74, 6) is 2.06. The smallest absolute Gasteiger partial charge is 0.259 e. The van der Waals surface area contributed by atoms with Gasteiger partial charge in [-0.3, -0.25) is 9.59 Å². The lowest BCUT2D eigenvalue weighted by molar-refractivity contribution is -0.120. The minimum atomic E-state index is -0.0190. The van der Waals surface area contributed by atoms with Gasteiger partial charge in [0.05, 0.1) is 11.1 Å². The molecule has 0 radical (unpaired) electrons. The van der Waals surface area contributed by atoms with Gasteiger partial charge in [0.15, 0.2) is 0 Å². The summed E-state index contributed by atoms with van der Waals surface area (Å²) in [4.78, 5) is 33.6. The van der Waals surface area contributed by atoms with E-state index in [-0.39, 0.29) is 23.9 Å². The van der Waals surface area contributed by atoms with E-state index in [9.17, 15) is 9.59 Å². The van der Waals surface area contributed by atoms with Crippen molar-refractivity contribution in [1.82, 2.24) is 15.3 Å².